The number of hydrogen-bond donors (Lipinski definition) is 1. The van der Waals surface area contributed by atoms with Crippen molar-refractivity contribution >= 4 is 17.4 Å². The monoisotopic (exact) mass is 314 g/mol. The molecule has 5 nitrogen and oxygen atoms in total. The van der Waals surface area contributed by atoms with Gasteiger partial charge >= 0.3 is 5.97 Å². The fraction of sp³-hybridized carbons (Fsp3) is 0.500. The van der Waals surface area contributed by atoms with E-state index in [-0.39, 0.29) is 17.9 Å². The van der Waals surface area contributed by atoms with Crippen molar-refractivity contribution in [2.75, 3.05) is 6.61 Å². The van der Waals surface area contributed by atoms with Crippen LogP contribution in [0.1, 0.15) is 56.6 Å². The summed E-state index contributed by atoms with van der Waals surface area (Å²) in [5.41, 5.74) is 2.14. The molecule has 23 heavy (non-hydrogen) atoms. The highest BCUT2D eigenvalue weighted by atomic mass is 16.5. The van der Waals surface area contributed by atoms with Gasteiger partial charge in [-0.2, -0.15) is 0 Å². The van der Waals surface area contributed by atoms with E-state index in [1.54, 1.807) is 6.92 Å². The first-order valence-corrected chi connectivity index (χ1v) is 8.19. The minimum atomic E-state index is -0.638. The molecule has 0 bridgehead atoms. The van der Waals surface area contributed by atoms with Crippen molar-refractivity contribution in [3.63, 3.8) is 0 Å². The quantitative estimate of drug-likeness (QED) is 0.403. The van der Waals surface area contributed by atoms with Crippen molar-refractivity contribution in [1.82, 2.24) is 0 Å². The van der Waals surface area contributed by atoms with Crippen molar-refractivity contribution in [3.05, 3.63) is 35.4 Å². The molecule has 0 amide bonds. The molecule has 2 atom stereocenters. The molecule has 1 aromatic carbocycles. The average Bonchev–Trinajstić information content (AvgIpc) is 2.55. The first kappa shape index (κ1) is 15.7. The predicted molar refractivity (Wildman–Crippen MR) is 88.4 cm³/mol. The van der Waals surface area contributed by atoms with E-state index in [9.17, 15) is 10.0 Å². The largest absolute Gasteiger partial charge is 0.461 e. The number of carbonyl (C=O) groups is 1. The van der Waals surface area contributed by atoms with Gasteiger partial charge in [0.2, 0.25) is 5.71 Å². The predicted octanol–water partition coefficient (Wildman–Crippen LogP) is 3.30. The van der Waals surface area contributed by atoms with E-state index in [0.29, 0.717) is 11.6 Å². The van der Waals surface area contributed by atoms with E-state index in [0.717, 1.165) is 24.8 Å². The number of nitrogens with zero attached hydrogens (tertiary/aromatic N) is 2. The Morgan fingerprint density at radius 1 is 1.43 bits per heavy atom. The Balaban J connectivity index is 2.13. The molecular formula is C18H22N2O3. The third-order valence-electron chi connectivity index (χ3n) is 4.93. The Bertz CT molecular complexity index is 681. The van der Waals surface area contributed by atoms with Crippen molar-refractivity contribution in [2.24, 2.45) is 10.1 Å². The molecule has 1 aromatic rings. The number of aliphatic imine (C=N–C) groups is 1. The van der Waals surface area contributed by atoms with E-state index in [2.05, 4.69) is 18.1 Å². The van der Waals surface area contributed by atoms with Crippen LogP contribution in [0, 0.1) is 0 Å². The first-order valence-electron chi connectivity index (χ1n) is 8.19. The number of ether oxygens (including phenoxy) is 1. The van der Waals surface area contributed by atoms with Crippen LogP contribution in [0.5, 0.6) is 0 Å². The number of carbonyl (C=O) groups excluding carboxylic acids is 1. The van der Waals surface area contributed by atoms with Crippen LogP contribution in [0.25, 0.3) is 0 Å². The number of hydrogen-bond acceptors (Lipinski definition) is 5. The molecule has 122 valence electrons. The number of fused-ring (bicyclic) bond motifs is 3. The lowest BCUT2D eigenvalue weighted by molar-refractivity contribution is -0.134. The van der Waals surface area contributed by atoms with Gasteiger partial charge in [0.1, 0.15) is 5.71 Å². The van der Waals surface area contributed by atoms with E-state index in [4.69, 9.17) is 9.73 Å². The summed E-state index contributed by atoms with van der Waals surface area (Å²) in [6.07, 6.45) is 4.38. The summed E-state index contributed by atoms with van der Waals surface area (Å²) in [7, 11) is 0. The lowest BCUT2D eigenvalue weighted by Gasteiger charge is -2.43. The summed E-state index contributed by atoms with van der Waals surface area (Å²) in [4.78, 5) is 17.0. The van der Waals surface area contributed by atoms with E-state index >= 15 is 0 Å². The van der Waals surface area contributed by atoms with Crippen LogP contribution in [0.2, 0.25) is 0 Å². The van der Waals surface area contributed by atoms with Crippen LogP contribution in [0.3, 0.4) is 0 Å². The van der Waals surface area contributed by atoms with Gasteiger partial charge < -0.3 is 9.94 Å². The summed E-state index contributed by atoms with van der Waals surface area (Å²) in [5.74, 6) is -0.292. The smallest absolute Gasteiger partial charge is 0.362 e. The van der Waals surface area contributed by atoms with Crippen LogP contribution in [0.4, 0.5) is 0 Å². The van der Waals surface area contributed by atoms with Crippen LogP contribution in [0.15, 0.2) is 34.4 Å². The normalized spacial score (nSPS) is 26.8. The minimum Gasteiger partial charge on any atom is -0.461 e. The second-order valence-electron chi connectivity index (χ2n) is 6.37. The highest BCUT2D eigenvalue weighted by molar-refractivity contribution is 6.69. The molecule has 3 rings (SSSR count). The molecule has 1 saturated carbocycles. The molecule has 0 radical (unpaired) electrons. The molecule has 0 spiro atoms. The topological polar surface area (TPSA) is 71.2 Å². The number of esters is 1. The van der Waals surface area contributed by atoms with Crippen molar-refractivity contribution in [2.45, 2.75) is 51.0 Å². The molecule has 0 unspecified atom stereocenters. The Kier molecular flexibility index (Phi) is 4.20. The second kappa shape index (κ2) is 6.14. The first-order chi connectivity index (χ1) is 11.1. The van der Waals surface area contributed by atoms with Gasteiger partial charge in [-0.1, -0.05) is 42.3 Å². The number of rotatable bonds is 3. The van der Waals surface area contributed by atoms with Gasteiger partial charge in [0, 0.05) is 11.5 Å². The van der Waals surface area contributed by atoms with Crippen molar-refractivity contribution < 1.29 is 14.7 Å². The Morgan fingerprint density at radius 2 is 2.22 bits per heavy atom. The summed E-state index contributed by atoms with van der Waals surface area (Å²) < 4.78 is 5.02. The zero-order chi connectivity index (χ0) is 16.4. The SMILES string of the molecule is CCOC(=O)/C(=N\O)C1=N[C@@]2(C)CCCC[C@H]2c2ccccc21. The molecule has 0 saturated heterocycles. The molecule has 2 aliphatic rings. The molecule has 1 fully saturated rings. The summed E-state index contributed by atoms with van der Waals surface area (Å²) in [6, 6.07) is 7.96. The van der Waals surface area contributed by atoms with Gasteiger partial charge in [-0.3, -0.25) is 4.99 Å². The maximum atomic E-state index is 12.2. The van der Waals surface area contributed by atoms with Gasteiger partial charge in [-0.05, 0) is 32.3 Å². The minimum absolute atomic E-state index is 0.107. The van der Waals surface area contributed by atoms with E-state index in [1.165, 1.54) is 12.0 Å². The fourth-order valence-electron chi connectivity index (χ4n) is 3.84. The van der Waals surface area contributed by atoms with E-state index in [1.807, 2.05) is 18.2 Å². The van der Waals surface area contributed by atoms with Gasteiger partial charge in [-0.25, -0.2) is 4.79 Å². The van der Waals surface area contributed by atoms with Crippen LogP contribution in [-0.4, -0.2) is 34.7 Å². The standard InChI is InChI=1S/C18H22N2O3/c1-3-23-17(21)16(20-22)15-13-9-5-4-8-12(13)14-10-6-7-11-18(14,2)19-15/h4-5,8-9,14,22H,3,6-7,10-11H2,1-2H3/b20-16-/t14-,18-/m0/s1. The maximum absolute atomic E-state index is 12.2. The average molecular weight is 314 g/mol. The third-order valence-corrected chi connectivity index (χ3v) is 4.93. The molecule has 1 N–H and O–H groups in total. The lowest BCUT2D eigenvalue weighted by Crippen LogP contribution is -2.42. The van der Waals surface area contributed by atoms with Gasteiger partial charge in [0.15, 0.2) is 0 Å². The maximum Gasteiger partial charge on any atom is 0.362 e. The van der Waals surface area contributed by atoms with Crippen LogP contribution in [-0.2, 0) is 9.53 Å². The van der Waals surface area contributed by atoms with Crippen molar-refractivity contribution in [3.8, 4) is 0 Å². The molecule has 1 aliphatic carbocycles. The van der Waals surface area contributed by atoms with Crippen molar-refractivity contribution in [1.29, 1.82) is 0 Å². The Labute approximate surface area is 136 Å². The molecule has 1 aliphatic heterocycles. The Morgan fingerprint density at radius 3 is 2.96 bits per heavy atom. The van der Waals surface area contributed by atoms with Gasteiger partial charge in [-0.15, -0.1) is 0 Å². The fourth-order valence-corrected chi connectivity index (χ4v) is 3.84. The van der Waals surface area contributed by atoms with Gasteiger partial charge in [0.05, 0.1) is 12.1 Å². The summed E-state index contributed by atoms with van der Waals surface area (Å²) in [6.45, 7) is 4.08. The van der Waals surface area contributed by atoms with Crippen LogP contribution < -0.4 is 0 Å². The lowest BCUT2D eigenvalue weighted by atomic mass is 9.67. The second-order valence-corrected chi connectivity index (χ2v) is 6.37. The van der Waals surface area contributed by atoms with Crippen LogP contribution >= 0.6 is 0 Å². The third kappa shape index (κ3) is 2.64. The zero-order valence-electron chi connectivity index (χ0n) is 13.6. The highest BCUT2D eigenvalue weighted by Gasteiger charge is 2.43. The summed E-state index contributed by atoms with van der Waals surface area (Å²) in [5, 5.41) is 12.6. The molecule has 1 heterocycles. The van der Waals surface area contributed by atoms with E-state index < -0.39 is 5.97 Å². The number of benzene rings is 1. The Hall–Kier alpha value is -2.17. The molecule has 5 heteroatoms. The highest BCUT2D eigenvalue weighted by Crippen LogP contribution is 2.47. The zero-order valence-corrected chi connectivity index (χ0v) is 13.6. The van der Waals surface area contributed by atoms with Gasteiger partial charge in [0.25, 0.3) is 0 Å². The summed E-state index contributed by atoms with van der Waals surface area (Å²) >= 11 is 0. The molecular weight excluding hydrogens is 292 g/mol. The molecule has 0 aromatic heterocycles. The number of oxime groups is 1.